The first-order chi connectivity index (χ1) is 9.75. The summed E-state index contributed by atoms with van der Waals surface area (Å²) in [4.78, 5) is 2.07. The van der Waals surface area contributed by atoms with Crippen LogP contribution in [0, 0.1) is 5.92 Å². The highest BCUT2D eigenvalue weighted by molar-refractivity contribution is 9.10. The molecule has 0 spiro atoms. The Morgan fingerprint density at radius 1 is 1.29 bits per heavy atom. The molecule has 1 aliphatic heterocycles. The molecule has 3 atom stereocenters. The third-order valence-corrected chi connectivity index (χ3v) is 5.19. The van der Waals surface area contributed by atoms with Crippen molar-refractivity contribution in [2.24, 2.45) is 5.92 Å². The molecular weight excluding hydrogens is 345 g/mol. The number of alkyl halides is 3. The molecule has 1 aromatic rings. The van der Waals surface area contributed by atoms with Crippen molar-refractivity contribution in [3.8, 4) is 0 Å². The van der Waals surface area contributed by atoms with Crippen molar-refractivity contribution < 1.29 is 13.2 Å². The van der Waals surface area contributed by atoms with Crippen LogP contribution in [0.15, 0.2) is 22.7 Å². The van der Waals surface area contributed by atoms with Gasteiger partial charge in [-0.3, -0.25) is 0 Å². The standard InChI is InChI=1S/C15H20BrF3N2/c1-9-10(2)21(7-6-13(9)20-3)14-8-11(15(17,18)19)4-5-12(14)16/h4-5,8-10,13,20H,6-7H2,1-3H3. The van der Waals surface area contributed by atoms with Gasteiger partial charge in [-0.2, -0.15) is 13.2 Å². The van der Waals surface area contributed by atoms with Gasteiger partial charge in [0.25, 0.3) is 0 Å². The molecule has 1 aromatic carbocycles. The van der Waals surface area contributed by atoms with Gasteiger partial charge in [0, 0.05) is 23.1 Å². The Kier molecular flexibility index (Phi) is 4.88. The SMILES string of the molecule is CNC1CCN(c2cc(C(F)(F)F)ccc2Br)C(C)C1C. The van der Waals surface area contributed by atoms with Crippen LogP contribution < -0.4 is 10.2 Å². The number of halogens is 4. The smallest absolute Gasteiger partial charge is 0.368 e. The third kappa shape index (κ3) is 3.37. The second kappa shape index (κ2) is 6.16. The molecule has 0 saturated carbocycles. The summed E-state index contributed by atoms with van der Waals surface area (Å²) in [5.41, 5.74) is 0.0232. The number of nitrogens with zero attached hydrogens (tertiary/aromatic N) is 1. The van der Waals surface area contributed by atoms with Gasteiger partial charge in [0.2, 0.25) is 0 Å². The predicted molar refractivity (Wildman–Crippen MR) is 82.6 cm³/mol. The molecule has 1 N–H and O–H groups in total. The van der Waals surface area contributed by atoms with E-state index in [9.17, 15) is 13.2 Å². The molecular formula is C15H20BrF3N2. The van der Waals surface area contributed by atoms with Crippen LogP contribution in [0.25, 0.3) is 0 Å². The summed E-state index contributed by atoms with van der Waals surface area (Å²) in [6, 6.07) is 4.42. The molecule has 0 radical (unpaired) electrons. The topological polar surface area (TPSA) is 15.3 Å². The molecule has 0 bridgehead atoms. The zero-order chi connectivity index (χ0) is 15.8. The highest BCUT2D eigenvalue weighted by Gasteiger charge is 2.35. The molecule has 2 nitrogen and oxygen atoms in total. The van der Waals surface area contributed by atoms with E-state index < -0.39 is 11.7 Å². The van der Waals surface area contributed by atoms with Gasteiger partial charge in [-0.25, -0.2) is 0 Å². The molecule has 1 aliphatic rings. The normalized spacial score (nSPS) is 27.0. The van der Waals surface area contributed by atoms with Gasteiger partial charge in [0.15, 0.2) is 0 Å². The second-order valence-corrected chi connectivity index (χ2v) is 6.50. The van der Waals surface area contributed by atoms with E-state index in [-0.39, 0.29) is 6.04 Å². The number of benzene rings is 1. The lowest BCUT2D eigenvalue weighted by Crippen LogP contribution is -2.52. The van der Waals surface area contributed by atoms with Crippen molar-refractivity contribution in [2.45, 2.75) is 38.5 Å². The van der Waals surface area contributed by atoms with Gasteiger partial charge in [-0.15, -0.1) is 0 Å². The second-order valence-electron chi connectivity index (χ2n) is 5.64. The van der Waals surface area contributed by atoms with Gasteiger partial charge in [0.05, 0.1) is 11.3 Å². The summed E-state index contributed by atoms with van der Waals surface area (Å²) < 4.78 is 39.4. The van der Waals surface area contributed by atoms with E-state index >= 15 is 0 Å². The van der Waals surface area contributed by atoms with E-state index in [0.717, 1.165) is 19.0 Å². The van der Waals surface area contributed by atoms with E-state index in [0.29, 0.717) is 22.1 Å². The Morgan fingerprint density at radius 3 is 2.52 bits per heavy atom. The van der Waals surface area contributed by atoms with E-state index in [4.69, 9.17) is 0 Å². The van der Waals surface area contributed by atoms with Crippen LogP contribution >= 0.6 is 15.9 Å². The van der Waals surface area contributed by atoms with Crippen molar-refractivity contribution in [2.75, 3.05) is 18.5 Å². The molecule has 2 rings (SSSR count). The highest BCUT2D eigenvalue weighted by Crippen LogP contribution is 2.38. The van der Waals surface area contributed by atoms with Crippen LogP contribution in [0.2, 0.25) is 0 Å². The summed E-state index contributed by atoms with van der Waals surface area (Å²) in [7, 11) is 1.93. The largest absolute Gasteiger partial charge is 0.416 e. The zero-order valence-electron chi connectivity index (χ0n) is 12.3. The lowest BCUT2D eigenvalue weighted by Gasteiger charge is -2.44. The molecule has 0 aliphatic carbocycles. The number of piperidine rings is 1. The molecule has 3 unspecified atom stereocenters. The lowest BCUT2D eigenvalue weighted by atomic mass is 9.86. The van der Waals surface area contributed by atoms with Crippen LogP contribution in [0.1, 0.15) is 25.8 Å². The fraction of sp³-hybridized carbons (Fsp3) is 0.600. The average Bonchev–Trinajstić information content (AvgIpc) is 2.41. The van der Waals surface area contributed by atoms with E-state index in [1.807, 2.05) is 7.05 Å². The summed E-state index contributed by atoms with van der Waals surface area (Å²) >= 11 is 3.39. The third-order valence-electron chi connectivity index (χ3n) is 4.52. The van der Waals surface area contributed by atoms with Crippen molar-refractivity contribution in [1.82, 2.24) is 5.32 Å². The Balaban J connectivity index is 2.33. The maximum Gasteiger partial charge on any atom is 0.416 e. The van der Waals surface area contributed by atoms with E-state index in [2.05, 4.69) is 40.0 Å². The molecule has 118 valence electrons. The van der Waals surface area contributed by atoms with E-state index in [1.54, 1.807) is 0 Å². The molecule has 6 heteroatoms. The zero-order valence-corrected chi connectivity index (χ0v) is 13.9. The minimum atomic E-state index is -4.31. The van der Waals surface area contributed by atoms with Crippen LogP contribution in [0.3, 0.4) is 0 Å². The minimum absolute atomic E-state index is 0.177. The van der Waals surface area contributed by atoms with Gasteiger partial charge in [-0.1, -0.05) is 6.92 Å². The summed E-state index contributed by atoms with van der Waals surface area (Å²) in [5.74, 6) is 0.366. The van der Waals surface area contributed by atoms with Gasteiger partial charge < -0.3 is 10.2 Å². The fourth-order valence-electron chi connectivity index (χ4n) is 3.02. The summed E-state index contributed by atoms with van der Waals surface area (Å²) in [5, 5.41) is 3.29. The molecule has 0 amide bonds. The maximum atomic E-state index is 12.9. The Morgan fingerprint density at radius 2 is 1.95 bits per heavy atom. The number of hydrogen-bond donors (Lipinski definition) is 1. The first-order valence-electron chi connectivity index (χ1n) is 7.06. The number of nitrogens with one attached hydrogen (secondary N) is 1. The molecule has 21 heavy (non-hydrogen) atoms. The fourth-order valence-corrected chi connectivity index (χ4v) is 3.50. The highest BCUT2D eigenvalue weighted by atomic mass is 79.9. The predicted octanol–water partition coefficient (Wildman–Crippen LogP) is 4.29. The van der Waals surface area contributed by atoms with Crippen LogP contribution in [-0.4, -0.2) is 25.7 Å². The monoisotopic (exact) mass is 364 g/mol. The van der Waals surface area contributed by atoms with E-state index in [1.165, 1.54) is 12.1 Å². The number of rotatable bonds is 2. The van der Waals surface area contributed by atoms with Gasteiger partial charge in [0.1, 0.15) is 0 Å². The first-order valence-corrected chi connectivity index (χ1v) is 7.85. The number of anilines is 1. The quantitative estimate of drug-likeness (QED) is 0.841. The summed E-state index contributed by atoms with van der Waals surface area (Å²) in [6.07, 6.45) is -3.39. The number of hydrogen-bond acceptors (Lipinski definition) is 2. The van der Waals surface area contributed by atoms with Gasteiger partial charge >= 0.3 is 6.18 Å². The summed E-state index contributed by atoms with van der Waals surface area (Å²) in [6.45, 7) is 4.96. The molecule has 1 saturated heterocycles. The van der Waals surface area contributed by atoms with Crippen molar-refractivity contribution >= 4 is 21.6 Å². The van der Waals surface area contributed by atoms with Crippen molar-refractivity contribution in [3.63, 3.8) is 0 Å². The van der Waals surface area contributed by atoms with Crippen molar-refractivity contribution in [3.05, 3.63) is 28.2 Å². The molecule has 1 heterocycles. The Bertz CT molecular complexity index is 504. The van der Waals surface area contributed by atoms with Crippen LogP contribution in [0.4, 0.5) is 18.9 Å². The average molecular weight is 365 g/mol. The Labute approximate surface area is 131 Å². The van der Waals surface area contributed by atoms with Crippen LogP contribution in [-0.2, 0) is 6.18 Å². The maximum absolute atomic E-state index is 12.9. The Hall–Kier alpha value is -0.750. The lowest BCUT2D eigenvalue weighted by molar-refractivity contribution is -0.137. The molecule has 0 aromatic heterocycles. The molecule has 1 fully saturated rings. The first kappa shape index (κ1) is 16.6. The van der Waals surface area contributed by atoms with Crippen molar-refractivity contribution in [1.29, 1.82) is 0 Å². The van der Waals surface area contributed by atoms with Gasteiger partial charge in [-0.05, 0) is 60.4 Å². The minimum Gasteiger partial charge on any atom is -0.368 e. The van der Waals surface area contributed by atoms with Crippen LogP contribution in [0.5, 0.6) is 0 Å².